The number of pyridine rings is 3. The van der Waals surface area contributed by atoms with Crippen LogP contribution in [0.25, 0.3) is 10.8 Å². The van der Waals surface area contributed by atoms with Crippen molar-refractivity contribution in [2.24, 2.45) is 0 Å². The molecule has 1 atom stereocenters. The molecule has 9 heteroatoms. The Labute approximate surface area is 168 Å². The van der Waals surface area contributed by atoms with Gasteiger partial charge in [-0.05, 0) is 55.5 Å². The van der Waals surface area contributed by atoms with Gasteiger partial charge >= 0.3 is 0 Å². The zero-order chi connectivity index (χ0) is 20.6. The van der Waals surface area contributed by atoms with Crippen molar-refractivity contribution >= 4 is 38.1 Å². The van der Waals surface area contributed by atoms with Gasteiger partial charge in [-0.2, -0.15) is 0 Å². The van der Waals surface area contributed by atoms with E-state index >= 15 is 0 Å². The Kier molecular flexibility index (Phi) is 4.99. The molecule has 3 aromatic heterocycles. The second-order valence-corrected chi connectivity index (χ2v) is 9.54. The molecule has 2 N–H and O–H groups in total. The van der Waals surface area contributed by atoms with E-state index in [1.54, 1.807) is 23.0 Å². The Morgan fingerprint density at radius 1 is 1.24 bits per heavy atom. The molecule has 29 heavy (non-hydrogen) atoms. The lowest BCUT2D eigenvalue weighted by Crippen LogP contribution is -2.25. The molecule has 1 fully saturated rings. The van der Waals surface area contributed by atoms with Gasteiger partial charge in [-0.1, -0.05) is 0 Å². The largest absolute Gasteiger partial charge is 0.366 e. The van der Waals surface area contributed by atoms with Gasteiger partial charge in [0.15, 0.2) is 9.84 Å². The zero-order valence-corrected chi connectivity index (χ0v) is 17.2. The quantitative estimate of drug-likeness (QED) is 0.662. The molecule has 0 radical (unpaired) electrons. The van der Waals surface area contributed by atoms with Crippen LogP contribution in [0, 0.1) is 6.92 Å². The summed E-state index contributed by atoms with van der Waals surface area (Å²) in [5.74, 6) is 1.77. The van der Waals surface area contributed by atoms with E-state index in [2.05, 4.69) is 20.6 Å². The van der Waals surface area contributed by atoms with Crippen molar-refractivity contribution in [3.8, 4) is 0 Å². The Morgan fingerprint density at radius 2 is 2.07 bits per heavy atom. The highest BCUT2D eigenvalue weighted by molar-refractivity contribution is 7.91. The topological polar surface area (TPSA) is 106 Å². The second-order valence-electron chi connectivity index (χ2n) is 7.31. The summed E-state index contributed by atoms with van der Waals surface area (Å²) in [6.45, 7) is 4.41. The Morgan fingerprint density at radius 3 is 2.76 bits per heavy atom. The summed E-state index contributed by atoms with van der Waals surface area (Å²) in [6.07, 6.45) is 3.96. The molecule has 1 aliphatic heterocycles. The second kappa shape index (κ2) is 7.47. The molecular formula is C20H23N5O3S. The van der Waals surface area contributed by atoms with E-state index in [9.17, 15) is 13.2 Å². The Balaban J connectivity index is 1.79. The van der Waals surface area contributed by atoms with Gasteiger partial charge in [-0.15, -0.1) is 0 Å². The van der Waals surface area contributed by atoms with Gasteiger partial charge in [0.2, 0.25) is 0 Å². The highest BCUT2D eigenvalue weighted by Crippen LogP contribution is 2.26. The van der Waals surface area contributed by atoms with Crippen LogP contribution in [0.3, 0.4) is 0 Å². The van der Waals surface area contributed by atoms with Crippen molar-refractivity contribution in [3.05, 3.63) is 52.6 Å². The molecule has 1 saturated heterocycles. The van der Waals surface area contributed by atoms with Crippen molar-refractivity contribution in [1.82, 2.24) is 14.5 Å². The fourth-order valence-electron chi connectivity index (χ4n) is 3.56. The predicted octanol–water partition coefficient (Wildman–Crippen LogP) is 2.46. The number of hydrogen-bond acceptors (Lipinski definition) is 7. The summed E-state index contributed by atoms with van der Waals surface area (Å²) in [5, 5.41) is 7.57. The van der Waals surface area contributed by atoms with E-state index in [4.69, 9.17) is 0 Å². The molecule has 0 amide bonds. The molecule has 1 aliphatic rings. The van der Waals surface area contributed by atoms with Crippen molar-refractivity contribution in [1.29, 1.82) is 0 Å². The number of nitrogens with one attached hydrogen (secondary N) is 2. The van der Waals surface area contributed by atoms with Gasteiger partial charge in [0.1, 0.15) is 17.5 Å². The molecule has 3 aromatic rings. The molecule has 0 aromatic carbocycles. The third kappa shape index (κ3) is 4.09. The smallest absolute Gasteiger partial charge is 0.262 e. The van der Waals surface area contributed by atoms with Gasteiger partial charge in [0, 0.05) is 25.0 Å². The first-order valence-electron chi connectivity index (χ1n) is 9.55. The van der Waals surface area contributed by atoms with Crippen LogP contribution >= 0.6 is 0 Å². The molecule has 0 aliphatic carbocycles. The van der Waals surface area contributed by atoms with Crippen LogP contribution in [0.15, 0.2) is 41.5 Å². The first kappa shape index (κ1) is 19.4. The monoisotopic (exact) mass is 413 g/mol. The van der Waals surface area contributed by atoms with Gasteiger partial charge in [0.05, 0.1) is 16.9 Å². The maximum absolute atomic E-state index is 12.9. The van der Waals surface area contributed by atoms with E-state index in [1.165, 1.54) is 0 Å². The number of hydrogen-bond donors (Lipinski definition) is 2. The minimum atomic E-state index is -3.05. The van der Waals surface area contributed by atoms with Crippen molar-refractivity contribution in [2.75, 3.05) is 22.1 Å². The summed E-state index contributed by atoms with van der Waals surface area (Å²) in [6, 6.07) is 7.21. The molecule has 4 heterocycles. The highest BCUT2D eigenvalue weighted by Gasteiger charge is 2.28. The minimum Gasteiger partial charge on any atom is -0.366 e. The third-order valence-corrected chi connectivity index (χ3v) is 6.81. The standard InChI is InChI=1S/C20H23N5O3S/c1-3-25-8-5-14-11-17(23-16-10-13(2)4-7-21-16)24-19(18(14)20(25)26)22-15-6-9-29(27,28)12-15/h4-5,7-8,10-11,15H,3,6,9,12H2,1-2H3,(H2,21,22,23,24). The minimum absolute atomic E-state index is 0.0437. The Bertz CT molecular complexity index is 1240. The Hall–Kier alpha value is -2.94. The maximum Gasteiger partial charge on any atom is 0.262 e. The average Bonchev–Trinajstić information content (AvgIpc) is 3.00. The number of anilines is 3. The van der Waals surface area contributed by atoms with Crippen LogP contribution in [-0.2, 0) is 16.4 Å². The number of aryl methyl sites for hydroxylation is 2. The molecule has 0 spiro atoms. The maximum atomic E-state index is 12.9. The van der Waals surface area contributed by atoms with Crippen LogP contribution in [-0.4, -0.2) is 40.5 Å². The van der Waals surface area contributed by atoms with E-state index < -0.39 is 9.84 Å². The van der Waals surface area contributed by atoms with E-state index in [-0.39, 0.29) is 23.1 Å². The molecule has 4 rings (SSSR count). The van der Waals surface area contributed by atoms with Gasteiger partial charge in [0.25, 0.3) is 5.56 Å². The van der Waals surface area contributed by atoms with Crippen molar-refractivity contribution in [3.63, 3.8) is 0 Å². The van der Waals surface area contributed by atoms with Gasteiger partial charge in [-0.3, -0.25) is 4.79 Å². The number of aromatic nitrogens is 3. The van der Waals surface area contributed by atoms with Gasteiger partial charge < -0.3 is 15.2 Å². The molecule has 152 valence electrons. The first-order valence-corrected chi connectivity index (χ1v) is 11.4. The van der Waals surface area contributed by atoms with E-state index in [0.717, 1.165) is 10.9 Å². The molecular weight excluding hydrogens is 390 g/mol. The third-order valence-electron chi connectivity index (χ3n) is 5.04. The number of sulfone groups is 1. The molecule has 1 unspecified atom stereocenters. The lowest BCUT2D eigenvalue weighted by atomic mass is 10.1. The molecule has 0 saturated carbocycles. The summed E-state index contributed by atoms with van der Waals surface area (Å²) in [5.41, 5.74) is 0.907. The van der Waals surface area contributed by atoms with Crippen LogP contribution in [0.2, 0.25) is 0 Å². The lowest BCUT2D eigenvalue weighted by Gasteiger charge is -2.16. The van der Waals surface area contributed by atoms with Crippen LogP contribution in [0.4, 0.5) is 17.5 Å². The lowest BCUT2D eigenvalue weighted by molar-refractivity contribution is 0.602. The molecule has 8 nitrogen and oxygen atoms in total. The summed E-state index contributed by atoms with van der Waals surface area (Å²) in [7, 11) is -3.05. The van der Waals surface area contributed by atoms with Crippen LogP contribution < -0.4 is 16.2 Å². The van der Waals surface area contributed by atoms with E-state index in [0.29, 0.717) is 35.8 Å². The normalized spacial score (nSPS) is 18.1. The van der Waals surface area contributed by atoms with Crippen molar-refractivity contribution in [2.45, 2.75) is 32.9 Å². The summed E-state index contributed by atoms with van der Waals surface area (Å²) >= 11 is 0. The van der Waals surface area contributed by atoms with Crippen LogP contribution in [0.1, 0.15) is 18.9 Å². The fourth-order valence-corrected chi connectivity index (χ4v) is 5.23. The fraction of sp³-hybridized carbons (Fsp3) is 0.350. The van der Waals surface area contributed by atoms with Crippen molar-refractivity contribution < 1.29 is 8.42 Å². The van der Waals surface area contributed by atoms with Crippen LogP contribution in [0.5, 0.6) is 0 Å². The number of fused-ring (bicyclic) bond motifs is 1. The SMILES string of the molecule is CCn1ccc2cc(Nc3cc(C)ccn3)nc(NC3CCS(=O)(=O)C3)c2c1=O. The molecule has 0 bridgehead atoms. The first-order chi connectivity index (χ1) is 13.8. The zero-order valence-electron chi connectivity index (χ0n) is 16.3. The predicted molar refractivity (Wildman–Crippen MR) is 115 cm³/mol. The summed E-state index contributed by atoms with van der Waals surface area (Å²) in [4.78, 5) is 21.8. The highest BCUT2D eigenvalue weighted by atomic mass is 32.2. The summed E-state index contributed by atoms with van der Waals surface area (Å²) < 4.78 is 25.3. The number of rotatable bonds is 5. The average molecular weight is 414 g/mol. The number of nitrogens with zero attached hydrogens (tertiary/aromatic N) is 3. The van der Waals surface area contributed by atoms with Gasteiger partial charge in [-0.25, -0.2) is 18.4 Å². The van der Waals surface area contributed by atoms with E-state index in [1.807, 2.05) is 32.0 Å².